The van der Waals surface area contributed by atoms with Gasteiger partial charge in [0.25, 0.3) is 0 Å². The second-order valence-corrected chi connectivity index (χ2v) is 3.66. The van der Waals surface area contributed by atoms with Gasteiger partial charge in [-0.15, -0.1) is 0 Å². The molecule has 2 aromatic rings. The van der Waals surface area contributed by atoms with Crippen molar-refractivity contribution in [1.29, 1.82) is 0 Å². The van der Waals surface area contributed by atoms with Gasteiger partial charge in [0, 0.05) is 11.9 Å². The number of para-hydroxylation sites is 1. The van der Waals surface area contributed by atoms with Crippen LogP contribution < -0.4 is 10.1 Å². The second-order valence-electron chi connectivity index (χ2n) is 3.66. The van der Waals surface area contributed by atoms with E-state index < -0.39 is 0 Å². The number of hydrogen-bond donors (Lipinski definition) is 1. The van der Waals surface area contributed by atoms with Crippen LogP contribution in [-0.2, 0) is 0 Å². The lowest BCUT2D eigenvalue weighted by molar-refractivity contribution is 0.419. The van der Waals surface area contributed by atoms with Crippen LogP contribution in [-0.4, -0.2) is 18.6 Å². The molecule has 0 aliphatic carbocycles. The van der Waals surface area contributed by atoms with E-state index in [4.69, 9.17) is 4.74 Å². The summed E-state index contributed by atoms with van der Waals surface area (Å²) in [5.41, 5.74) is 0.908. The average Bonchev–Trinajstić information content (AvgIpc) is 2.35. The van der Waals surface area contributed by atoms with Crippen molar-refractivity contribution in [3.05, 3.63) is 30.3 Å². The number of hydrogen-bond acceptors (Lipinski definition) is 3. The molecule has 1 aromatic heterocycles. The zero-order chi connectivity index (χ0) is 11.4. The van der Waals surface area contributed by atoms with Crippen LogP contribution in [0.1, 0.15) is 13.3 Å². The van der Waals surface area contributed by atoms with Crippen molar-refractivity contribution in [3.63, 3.8) is 0 Å². The molecule has 1 N–H and O–H groups in total. The maximum atomic E-state index is 5.30. The molecule has 0 radical (unpaired) electrons. The molecule has 0 saturated heterocycles. The minimum atomic E-state index is 0.817. The van der Waals surface area contributed by atoms with Crippen molar-refractivity contribution < 1.29 is 4.74 Å². The fourth-order valence-electron chi connectivity index (χ4n) is 1.64. The maximum Gasteiger partial charge on any atom is 0.145 e. The molecule has 0 bridgehead atoms. The molecule has 0 aliphatic heterocycles. The Morgan fingerprint density at radius 1 is 1.25 bits per heavy atom. The van der Waals surface area contributed by atoms with Crippen LogP contribution in [0.25, 0.3) is 10.9 Å². The highest BCUT2D eigenvalue weighted by Crippen LogP contribution is 2.24. The number of anilines is 1. The van der Waals surface area contributed by atoms with E-state index >= 15 is 0 Å². The Hall–Kier alpha value is -1.77. The first kappa shape index (κ1) is 10.7. The fraction of sp³-hybridized carbons (Fsp3) is 0.308. The van der Waals surface area contributed by atoms with Gasteiger partial charge in [0.1, 0.15) is 17.1 Å². The van der Waals surface area contributed by atoms with Gasteiger partial charge in [-0.25, -0.2) is 4.98 Å². The summed E-state index contributed by atoms with van der Waals surface area (Å²) in [6.07, 6.45) is 1.09. The highest BCUT2D eigenvalue weighted by molar-refractivity contribution is 5.85. The van der Waals surface area contributed by atoms with Crippen molar-refractivity contribution in [2.45, 2.75) is 13.3 Å². The summed E-state index contributed by atoms with van der Waals surface area (Å²) in [5, 5.41) is 4.37. The van der Waals surface area contributed by atoms with Crippen LogP contribution in [0.5, 0.6) is 5.75 Å². The van der Waals surface area contributed by atoms with Crippen LogP contribution in [0.15, 0.2) is 30.3 Å². The Morgan fingerprint density at radius 3 is 2.88 bits per heavy atom. The number of rotatable bonds is 4. The topological polar surface area (TPSA) is 34.1 Å². The lowest BCUT2D eigenvalue weighted by atomic mass is 10.2. The second kappa shape index (κ2) is 4.84. The molecule has 2 rings (SSSR count). The van der Waals surface area contributed by atoms with E-state index in [1.165, 1.54) is 0 Å². The van der Waals surface area contributed by atoms with E-state index in [2.05, 4.69) is 23.3 Å². The predicted molar refractivity (Wildman–Crippen MR) is 67.1 cm³/mol. The summed E-state index contributed by atoms with van der Waals surface area (Å²) in [5.74, 6) is 1.72. The van der Waals surface area contributed by atoms with Crippen LogP contribution in [0.3, 0.4) is 0 Å². The lowest BCUT2D eigenvalue weighted by Crippen LogP contribution is -2.01. The van der Waals surface area contributed by atoms with Gasteiger partial charge in [-0.05, 0) is 24.6 Å². The lowest BCUT2D eigenvalue weighted by Gasteiger charge is -2.07. The summed E-state index contributed by atoms with van der Waals surface area (Å²) >= 11 is 0. The number of nitrogens with zero attached hydrogens (tertiary/aromatic N) is 1. The number of aromatic nitrogens is 1. The van der Waals surface area contributed by atoms with E-state index in [1.807, 2.05) is 24.3 Å². The van der Waals surface area contributed by atoms with Gasteiger partial charge in [-0.1, -0.05) is 19.1 Å². The van der Waals surface area contributed by atoms with Gasteiger partial charge in [-0.3, -0.25) is 0 Å². The van der Waals surface area contributed by atoms with E-state index in [9.17, 15) is 0 Å². The molecule has 3 heteroatoms. The molecule has 0 atom stereocenters. The predicted octanol–water partition coefficient (Wildman–Crippen LogP) is 3.07. The van der Waals surface area contributed by atoms with E-state index in [1.54, 1.807) is 7.11 Å². The number of pyridine rings is 1. The Labute approximate surface area is 95.5 Å². The molecular formula is C13H16N2O. The number of benzene rings is 1. The minimum Gasteiger partial charge on any atom is -0.494 e. The maximum absolute atomic E-state index is 5.30. The van der Waals surface area contributed by atoms with Crippen molar-refractivity contribution in [3.8, 4) is 5.75 Å². The van der Waals surface area contributed by atoms with E-state index in [-0.39, 0.29) is 0 Å². The molecule has 84 valence electrons. The molecule has 0 unspecified atom stereocenters. The number of nitrogens with one attached hydrogen (secondary N) is 1. The normalized spacial score (nSPS) is 10.4. The Morgan fingerprint density at radius 2 is 2.12 bits per heavy atom. The first-order chi connectivity index (χ1) is 7.85. The van der Waals surface area contributed by atoms with Gasteiger partial charge < -0.3 is 10.1 Å². The average molecular weight is 216 g/mol. The van der Waals surface area contributed by atoms with Crippen LogP contribution in [0.4, 0.5) is 5.82 Å². The molecule has 0 amide bonds. The smallest absolute Gasteiger partial charge is 0.145 e. The first-order valence-electron chi connectivity index (χ1n) is 5.52. The fourth-order valence-corrected chi connectivity index (χ4v) is 1.64. The largest absolute Gasteiger partial charge is 0.494 e. The first-order valence-corrected chi connectivity index (χ1v) is 5.52. The van der Waals surface area contributed by atoms with Crippen molar-refractivity contribution in [2.75, 3.05) is 19.0 Å². The molecule has 0 spiro atoms. The summed E-state index contributed by atoms with van der Waals surface area (Å²) in [4.78, 5) is 4.55. The molecule has 0 fully saturated rings. The quantitative estimate of drug-likeness (QED) is 0.852. The standard InChI is InChI=1S/C13H16N2O/c1-3-9-14-12-8-7-10-5-4-6-11(16-2)13(10)15-12/h4-8H,3,9H2,1-2H3,(H,14,15). The van der Waals surface area contributed by atoms with E-state index in [0.717, 1.165) is 35.4 Å². The van der Waals surface area contributed by atoms with E-state index in [0.29, 0.717) is 0 Å². The van der Waals surface area contributed by atoms with Crippen LogP contribution in [0.2, 0.25) is 0 Å². The zero-order valence-corrected chi connectivity index (χ0v) is 9.66. The van der Waals surface area contributed by atoms with Crippen LogP contribution >= 0.6 is 0 Å². The molecule has 0 aliphatic rings. The molecule has 1 aromatic carbocycles. The third-order valence-electron chi connectivity index (χ3n) is 2.46. The third kappa shape index (κ3) is 2.08. The number of methoxy groups -OCH3 is 1. The van der Waals surface area contributed by atoms with Gasteiger partial charge in [0.15, 0.2) is 0 Å². The minimum absolute atomic E-state index is 0.817. The Balaban J connectivity index is 2.42. The van der Waals surface area contributed by atoms with Gasteiger partial charge in [0.05, 0.1) is 7.11 Å². The summed E-state index contributed by atoms with van der Waals surface area (Å²) < 4.78 is 5.30. The van der Waals surface area contributed by atoms with Crippen LogP contribution in [0, 0.1) is 0 Å². The summed E-state index contributed by atoms with van der Waals surface area (Å²) in [7, 11) is 1.67. The van der Waals surface area contributed by atoms with Gasteiger partial charge in [-0.2, -0.15) is 0 Å². The summed E-state index contributed by atoms with van der Waals surface area (Å²) in [6.45, 7) is 3.07. The van der Waals surface area contributed by atoms with Crippen molar-refractivity contribution >= 4 is 16.7 Å². The molecule has 16 heavy (non-hydrogen) atoms. The van der Waals surface area contributed by atoms with Crippen molar-refractivity contribution in [1.82, 2.24) is 4.98 Å². The Bertz CT molecular complexity index is 482. The monoisotopic (exact) mass is 216 g/mol. The van der Waals surface area contributed by atoms with Crippen molar-refractivity contribution in [2.24, 2.45) is 0 Å². The van der Waals surface area contributed by atoms with Gasteiger partial charge >= 0.3 is 0 Å². The van der Waals surface area contributed by atoms with Gasteiger partial charge in [0.2, 0.25) is 0 Å². The highest BCUT2D eigenvalue weighted by atomic mass is 16.5. The highest BCUT2D eigenvalue weighted by Gasteiger charge is 2.03. The Kier molecular flexibility index (Phi) is 3.25. The SMILES string of the molecule is CCCNc1ccc2cccc(OC)c2n1. The summed E-state index contributed by atoms with van der Waals surface area (Å²) in [6, 6.07) is 10.00. The molecular weight excluding hydrogens is 200 g/mol. The zero-order valence-electron chi connectivity index (χ0n) is 9.66. The third-order valence-corrected chi connectivity index (χ3v) is 2.46. The molecule has 3 nitrogen and oxygen atoms in total. The number of fused-ring (bicyclic) bond motifs is 1. The molecule has 0 saturated carbocycles. The molecule has 1 heterocycles. The number of ether oxygens (including phenoxy) is 1.